The molecule has 0 radical (unpaired) electrons. The van der Waals surface area contributed by atoms with Crippen molar-refractivity contribution < 1.29 is 5.11 Å². The number of benzene rings is 1. The van der Waals surface area contributed by atoms with Crippen molar-refractivity contribution in [3.63, 3.8) is 0 Å². The number of likely N-dealkylation sites (N-methyl/N-ethyl adjacent to an activating group) is 1. The van der Waals surface area contributed by atoms with E-state index in [1.807, 2.05) is 11.9 Å². The molecule has 0 aromatic heterocycles. The van der Waals surface area contributed by atoms with Crippen molar-refractivity contribution in [1.29, 1.82) is 5.41 Å². The second kappa shape index (κ2) is 4.94. The predicted octanol–water partition coefficient (Wildman–Crippen LogP) is 1.83. The summed E-state index contributed by atoms with van der Waals surface area (Å²) in [6.07, 6.45) is 0. The molecular formula is C12H18ClN3O. The highest BCUT2D eigenvalue weighted by Crippen LogP contribution is 2.26. The van der Waals surface area contributed by atoms with Gasteiger partial charge < -0.3 is 15.7 Å². The molecule has 17 heavy (non-hydrogen) atoms. The molecule has 4 nitrogen and oxygen atoms in total. The third-order valence-corrected chi connectivity index (χ3v) is 2.60. The average molecular weight is 256 g/mol. The van der Waals surface area contributed by atoms with Crippen molar-refractivity contribution in [2.24, 2.45) is 5.73 Å². The number of nitrogens with two attached hydrogens (primary N) is 1. The number of hydrogen-bond acceptors (Lipinski definition) is 3. The molecule has 0 bridgehead atoms. The normalized spacial score (nSPS) is 11.4. The Kier molecular flexibility index (Phi) is 4.01. The van der Waals surface area contributed by atoms with E-state index in [0.29, 0.717) is 17.1 Å². The van der Waals surface area contributed by atoms with Crippen molar-refractivity contribution in [3.05, 3.63) is 28.8 Å². The second-order valence-electron chi connectivity index (χ2n) is 4.75. The summed E-state index contributed by atoms with van der Waals surface area (Å²) in [6.45, 7) is 3.94. The quantitative estimate of drug-likeness (QED) is 0.568. The molecule has 5 heteroatoms. The van der Waals surface area contributed by atoms with Gasteiger partial charge in [-0.05, 0) is 32.0 Å². The van der Waals surface area contributed by atoms with Crippen LogP contribution in [0.3, 0.4) is 0 Å². The summed E-state index contributed by atoms with van der Waals surface area (Å²) in [5, 5.41) is 17.6. The molecule has 0 aliphatic heterocycles. The van der Waals surface area contributed by atoms with E-state index in [9.17, 15) is 5.11 Å². The number of aliphatic hydroxyl groups is 1. The van der Waals surface area contributed by atoms with Crippen LogP contribution in [0.15, 0.2) is 18.2 Å². The molecule has 0 fully saturated rings. The molecule has 1 aromatic rings. The SMILES string of the molecule is CN(CC(C)(C)O)c1ccc(C(=N)N)cc1Cl. The van der Waals surface area contributed by atoms with Gasteiger partial charge in [0.05, 0.1) is 16.3 Å². The van der Waals surface area contributed by atoms with Crippen LogP contribution in [0.2, 0.25) is 5.02 Å². The minimum Gasteiger partial charge on any atom is -0.389 e. The summed E-state index contributed by atoms with van der Waals surface area (Å²) >= 11 is 6.12. The van der Waals surface area contributed by atoms with Gasteiger partial charge in [0, 0.05) is 19.2 Å². The van der Waals surface area contributed by atoms with Gasteiger partial charge in [0.1, 0.15) is 5.84 Å². The first kappa shape index (κ1) is 13.8. The lowest BCUT2D eigenvalue weighted by molar-refractivity contribution is 0.0886. The van der Waals surface area contributed by atoms with E-state index < -0.39 is 5.60 Å². The number of halogens is 1. The Hall–Kier alpha value is -1.26. The summed E-state index contributed by atoms with van der Waals surface area (Å²) < 4.78 is 0. The van der Waals surface area contributed by atoms with E-state index >= 15 is 0 Å². The third-order valence-electron chi connectivity index (χ3n) is 2.29. The minimum atomic E-state index is -0.794. The fourth-order valence-corrected chi connectivity index (χ4v) is 1.97. The maximum atomic E-state index is 9.74. The van der Waals surface area contributed by atoms with Crippen molar-refractivity contribution >= 4 is 23.1 Å². The van der Waals surface area contributed by atoms with Crippen LogP contribution in [0.25, 0.3) is 0 Å². The van der Waals surface area contributed by atoms with Crippen LogP contribution in [0.4, 0.5) is 5.69 Å². The standard InChI is InChI=1S/C12H18ClN3O/c1-12(2,17)7-16(3)10-5-4-8(11(14)15)6-9(10)13/h4-6,17H,7H2,1-3H3,(H3,14,15). The Labute approximate surface area is 107 Å². The van der Waals surface area contributed by atoms with E-state index in [2.05, 4.69) is 0 Å². The molecule has 0 saturated carbocycles. The summed E-state index contributed by atoms with van der Waals surface area (Å²) in [5.74, 6) is -0.0106. The van der Waals surface area contributed by atoms with Crippen molar-refractivity contribution in [2.75, 3.05) is 18.5 Å². The average Bonchev–Trinajstić information content (AvgIpc) is 2.14. The maximum Gasteiger partial charge on any atom is 0.122 e. The lowest BCUT2D eigenvalue weighted by Crippen LogP contribution is -2.36. The van der Waals surface area contributed by atoms with Crippen LogP contribution in [0.5, 0.6) is 0 Å². The maximum absolute atomic E-state index is 9.74. The van der Waals surface area contributed by atoms with Gasteiger partial charge in [-0.1, -0.05) is 11.6 Å². The summed E-state index contributed by atoms with van der Waals surface area (Å²) in [4.78, 5) is 1.87. The monoisotopic (exact) mass is 255 g/mol. The minimum absolute atomic E-state index is 0.0106. The molecule has 94 valence electrons. The fraction of sp³-hybridized carbons (Fsp3) is 0.417. The highest BCUT2D eigenvalue weighted by atomic mass is 35.5. The number of amidine groups is 1. The first-order chi connectivity index (χ1) is 7.70. The van der Waals surface area contributed by atoms with Crippen LogP contribution in [-0.4, -0.2) is 30.1 Å². The first-order valence-electron chi connectivity index (χ1n) is 5.28. The topological polar surface area (TPSA) is 73.3 Å². The third kappa shape index (κ3) is 3.91. The van der Waals surface area contributed by atoms with Gasteiger partial charge in [-0.25, -0.2) is 0 Å². The van der Waals surface area contributed by atoms with Crippen molar-refractivity contribution in [3.8, 4) is 0 Å². The molecule has 0 amide bonds. The molecule has 1 rings (SSSR count). The Bertz CT molecular complexity index is 426. The largest absolute Gasteiger partial charge is 0.389 e. The van der Waals surface area contributed by atoms with Crippen LogP contribution >= 0.6 is 11.6 Å². The Morgan fingerprint density at radius 3 is 2.53 bits per heavy atom. The molecule has 0 aliphatic rings. The molecule has 0 spiro atoms. The predicted molar refractivity (Wildman–Crippen MR) is 72.0 cm³/mol. The number of rotatable bonds is 4. The number of nitrogens with one attached hydrogen (secondary N) is 1. The lowest BCUT2D eigenvalue weighted by atomic mass is 10.1. The second-order valence-corrected chi connectivity index (χ2v) is 5.16. The smallest absolute Gasteiger partial charge is 0.122 e. The molecule has 0 aliphatic carbocycles. The van der Waals surface area contributed by atoms with Gasteiger partial charge in [0.25, 0.3) is 0 Å². The van der Waals surface area contributed by atoms with E-state index in [4.69, 9.17) is 22.7 Å². The van der Waals surface area contributed by atoms with Gasteiger partial charge in [0.15, 0.2) is 0 Å². The van der Waals surface area contributed by atoms with Gasteiger partial charge in [0.2, 0.25) is 0 Å². The summed E-state index contributed by atoms with van der Waals surface area (Å²) in [6, 6.07) is 5.19. The zero-order valence-electron chi connectivity index (χ0n) is 10.3. The van der Waals surface area contributed by atoms with Crippen LogP contribution < -0.4 is 10.6 Å². The molecule has 1 aromatic carbocycles. The molecule has 4 N–H and O–H groups in total. The molecule has 0 unspecified atom stereocenters. The van der Waals surface area contributed by atoms with E-state index in [1.165, 1.54) is 0 Å². The summed E-state index contributed by atoms with van der Waals surface area (Å²) in [5.41, 5.74) is 5.98. The van der Waals surface area contributed by atoms with Gasteiger partial charge in [-0.15, -0.1) is 0 Å². The number of anilines is 1. The zero-order chi connectivity index (χ0) is 13.2. The van der Waals surface area contributed by atoms with Gasteiger partial charge in [-0.3, -0.25) is 5.41 Å². The van der Waals surface area contributed by atoms with E-state index in [0.717, 1.165) is 5.69 Å². The molecule has 0 heterocycles. The van der Waals surface area contributed by atoms with Gasteiger partial charge >= 0.3 is 0 Å². The van der Waals surface area contributed by atoms with Crippen molar-refractivity contribution in [1.82, 2.24) is 0 Å². The number of nitrogen functional groups attached to an aromatic ring is 1. The highest BCUT2D eigenvalue weighted by Gasteiger charge is 2.17. The van der Waals surface area contributed by atoms with E-state index in [1.54, 1.807) is 32.0 Å². The Morgan fingerprint density at radius 2 is 2.12 bits per heavy atom. The number of hydrogen-bond donors (Lipinski definition) is 3. The van der Waals surface area contributed by atoms with Crippen LogP contribution in [0.1, 0.15) is 19.4 Å². The van der Waals surface area contributed by atoms with Gasteiger partial charge in [-0.2, -0.15) is 0 Å². The zero-order valence-corrected chi connectivity index (χ0v) is 11.0. The highest BCUT2D eigenvalue weighted by molar-refractivity contribution is 6.33. The van der Waals surface area contributed by atoms with E-state index in [-0.39, 0.29) is 5.84 Å². The fourth-order valence-electron chi connectivity index (χ4n) is 1.65. The Balaban J connectivity index is 2.96. The lowest BCUT2D eigenvalue weighted by Gasteiger charge is -2.28. The van der Waals surface area contributed by atoms with Crippen LogP contribution in [0, 0.1) is 5.41 Å². The molecule has 0 saturated heterocycles. The Morgan fingerprint density at radius 1 is 1.53 bits per heavy atom. The molecule has 0 atom stereocenters. The van der Waals surface area contributed by atoms with Crippen LogP contribution in [-0.2, 0) is 0 Å². The van der Waals surface area contributed by atoms with Crippen molar-refractivity contribution in [2.45, 2.75) is 19.4 Å². The summed E-state index contributed by atoms with van der Waals surface area (Å²) in [7, 11) is 1.85. The number of nitrogens with zero attached hydrogens (tertiary/aromatic N) is 1. The first-order valence-corrected chi connectivity index (χ1v) is 5.66. The molecular weight excluding hydrogens is 238 g/mol.